The van der Waals surface area contributed by atoms with Crippen LogP contribution in [0.2, 0.25) is 0 Å². The molecule has 1 rings (SSSR count). The predicted octanol–water partition coefficient (Wildman–Crippen LogP) is 5.23. The Morgan fingerprint density at radius 1 is 1.06 bits per heavy atom. The zero-order valence-corrected chi connectivity index (χ0v) is 10.7. The van der Waals surface area contributed by atoms with Crippen LogP contribution in [-0.4, -0.2) is 0 Å². The average molecular weight is 214 g/mol. The fourth-order valence-electron chi connectivity index (χ4n) is 1.78. The van der Waals surface area contributed by atoms with Crippen molar-refractivity contribution in [1.82, 2.24) is 0 Å². The molecule has 0 bridgehead atoms. The minimum atomic E-state index is 1.11. The van der Waals surface area contributed by atoms with Crippen molar-refractivity contribution in [2.24, 2.45) is 0 Å². The van der Waals surface area contributed by atoms with Gasteiger partial charge in [-0.2, -0.15) is 0 Å². The highest BCUT2D eigenvalue weighted by Crippen LogP contribution is 2.20. The second-order valence-electron chi connectivity index (χ2n) is 4.32. The van der Waals surface area contributed by atoms with E-state index in [9.17, 15) is 0 Å². The van der Waals surface area contributed by atoms with Gasteiger partial charge in [-0.15, -0.1) is 0 Å². The molecule has 0 aliphatic heterocycles. The van der Waals surface area contributed by atoms with Crippen molar-refractivity contribution in [3.63, 3.8) is 0 Å². The Kier molecular flexibility index (Phi) is 5.63. The van der Waals surface area contributed by atoms with E-state index in [2.05, 4.69) is 63.3 Å². The lowest BCUT2D eigenvalue weighted by Gasteiger charge is -2.06. The lowest BCUT2D eigenvalue weighted by atomic mass is 9.99. The van der Waals surface area contributed by atoms with Crippen molar-refractivity contribution in [2.75, 3.05) is 0 Å². The Labute approximate surface area is 99.7 Å². The van der Waals surface area contributed by atoms with E-state index < -0.39 is 0 Å². The van der Waals surface area contributed by atoms with Gasteiger partial charge in [0.1, 0.15) is 0 Å². The summed E-state index contributed by atoms with van der Waals surface area (Å²) in [6.07, 6.45) is 8.05. The second-order valence-corrected chi connectivity index (χ2v) is 4.32. The van der Waals surface area contributed by atoms with Crippen molar-refractivity contribution in [1.29, 1.82) is 0 Å². The maximum Gasteiger partial charge on any atom is -0.0228 e. The SMILES string of the molecule is CCC=C(CCC=C(C)C)c1ccccc1. The summed E-state index contributed by atoms with van der Waals surface area (Å²) < 4.78 is 0. The molecule has 0 saturated carbocycles. The third-order valence-corrected chi connectivity index (χ3v) is 2.56. The fourth-order valence-corrected chi connectivity index (χ4v) is 1.78. The largest absolute Gasteiger partial charge is 0.0856 e. The van der Waals surface area contributed by atoms with Crippen molar-refractivity contribution in [2.45, 2.75) is 40.0 Å². The molecule has 0 saturated heterocycles. The van der Waals surface area contributed by atoms with Crippen LogP contribution >= 0.6 is 0 Å². The Bertz CT molecular complexity index is 351. The monoisotopic (exact) mass is 214 g/mol. The zero-order valence-electron chi connectivity index (χ0n) is 10.7. The summed E-state index contributed by atoms with van der Waals surface area (Å²) >= 11 is 0. The van der Waals surface area contributed by atoms with Crippen LogP contribution in [0.4, 0.5) is 0 Å². The standard InChI is InChI=1S/C16H22/c1-4-9-15(13-8-10-14(2)3)16-11-6-5-7-12-16/h5-7,9-12H,4,8,13H2,1-3H3. The predicted molar refractivity (Wildman–Crippen MR) is 73.4 cm³/mol. The third kappa shape index (κ3) is 4.48. The van der Waals surface area contributed by atoms with E-state index in [1.54, 1.807) is 0 Å². The number of hydrogen-bond acceptors (Lipinski definition) is 0. The molecule has 0 nitrogen and oxygen atoms in total. The zero-order chi connectivity index (χ0) is 11.8. The van der Waals surface area contributed by atoms with Gasteiger partial charge in [0, 0.05) is 0 Å². The van der Waals surface area contributed by atoms with Crippen LogP contribution in [0.3, 0.4) is 0 Å². The molecule has 16 heavy (non-hydrogen) atoms. The highest BCUT2D eigenvalue weighted by atomic mass is 14.0. The molecule has 0 amide bonds. The quantitative estimate of drug-likeness (QED) is 0.589. The van der Waals surface area contributed by atoms with Gasteiger partial charge in [-0.05, 0) is 44.2 Å². The summed E-state index contributed by atoms with van der Waals surface area (Å²) in [7, 11) is 0. The molecule has 1 aromatic rings. The molecular formula is C16H22. The summed E-state index contributed by atoms with van der Waals surface area (Å²) in [5.41, 5.74) is 4.25. The number of rotatable bonds is 5. The molecule has 0 unspecified atom stereocenters. The fraction of sp³-hybridized carbons (Fsp3) is 0.375. The molecule has 0 spiro atoms. The molecule has 0 aliphatic rings. The molecular weight excluding hydrogens is 192 g/mol. The molecule has 0 heterocycles. The van der Waals surface area contributed by atoms with E-state index in [1.165, 1.54) is 16.7 Å². The van der Waals surface area contributed by atoms with E-state index in [0.29, 0.717) is 0 Å². The Balaban J connectivity index is 2.70. The van der Waals surface area contributed by atoms with Gasteiger partial charge in [-0.3, -0.25) is 0 Å². The minimum absolute atomic E-state index is 1.11. The van der Waals surface area contributed by atoms with Crippen molar-refractivity contribution < 1.29 is 0 Å². The molecule has 0 aliphatic carbocycles. The van der Waals surface area contributed by atoms with E-state index in [4.69, 9.17) is 0 Å². The van der Waals surface area contributed by atoms with Gasteiger partial charge in [-0.1, -0.05) is 55.0 Å². The van der Waals surface area contributed by atoms with Gasteiger partial charge in [0.25, 0.3) is 0 Å². The molecule has 0 aromatic heterocycles. The first-order chi connectivity index (χ1) is 7.74. The van der Waals surface area contributed by atoms with Crippen LogP contribution in [0.5, 0.6) is 0 Å². The van der Waals surface area contributed by atoms with Gasteiger partial charge < -0.3 is 0 Å². The Hall–Kier alpha value is -1.30. The van der Waals surface area contributed by atoms with Crippen LogP contribution in [0.1, 0.15) is 45.6 Å². The minimum Gasteiger partial charge on any atom is -0.0856 e. The Morgan fingerprint density at radius 2 is 1.75 bits per heavy atom. The molecule has 0 fully saturated rings. The number of hydrogen-bond donors (Lipinski definition) is 0. The van der Waals surface area contributed by atoms with Crippen molar-refractivity contribution >= 4 is 5.57 Å². The van der Waals surface area contributed by atoms with Gasteiger partial charge in [0.2, 0.25) is 0 Å². The lowest BCUT2D eigenvalue weighted by molar-refractivity contribution is 1.04. The lowest BCUT2D eigenvalue weighted by Crippen LogP contribution is -1.84. The first kappa shape index (κ1) is 12.8. The van der Waals surface area contributed by atoms with E-state index in [0.717, 1.165) is 19.3 Å². The summed E-state index contributed by atoms with van der Waals surface area (Å²) in [5, 5.41) is 0. The summed E-state index contributed by atoms with van der Waals surface area (Å²) in [5.74, 6) is 0. The topological polar surface area (TPSA) is 0 Å². The molecule has 86 valence electrons. The normalized spacial score (nSPS) is 11.3. The van der Waals surface area contributed by atoms with Crippen LogP contribution in [-0.2, 0) is 0 Å². The molecule has 0 heteroatoms. The summed E-state index contributed by atoms with van der Waals surface area (Å²) in [4.78, 5) is 0. The van der Waals surface area contributed by atoms with Gasteiger partial charge in [0.05, 0.1) is 0 Å². The van der Waals surface area contributed by atoms with Crippen LogP contribution in [0, 0.1) is 0 Å². The highest BCUT2D eigenvalue weighted by molar-refractivity contribution is 5.65. The van der Waals surface area contributed by atoms with Crippen LogP contribution in [0.25, 0.3) is 5.57 Å². The van der Waals surface area contributed by atoms with Gasteiger partial charge >= 0.3 is 0 Å². The molecule has 0 atom stereocenters. The first-order valence-corrected chi connectivity index (χ1v) is 6.12. The van der Waals surface area contributed by atoms with Crippen LogP contribution in [0.15, 0.2) is 48.1 Å². The first-order valence-electron chi connectivity index (χ1n) is 6.12. The van der Waals surface area contributed by atoms with E-state index in [-0.39, 0.29) is 0 Å². The number of benzene rings is 1. The molecule has 0 radical (unpaired) electrons. The Morgan fingerprint density at radius 3 is 2.31 bits per heavy atom. The second kappa shape index (κ2) is 7.05. The summed E-state index contributed by atoms with van der Waals surface area (Å²) in [6.45, 7) is 6.52. The molecule has 1 aromatic carbocycles. The van der Waals surface area contributed by atoms with Crippen LogP contribution < -0.4 is 0 Å². The average Bonchev–Trinajstić information content (AvgIpc) is 2.29. The maximum absolute atomic E-state index is 2.34. The third-order valence-electron chi connectivity index (χ3n) is 2.56. The molecule has 0 N–H and O–H groups in total. The summed E-state index contributed by atoms with van der Waals surface area (Å²) in [6, 6.07) is 10.7. The highest BCUT2D eigenvalue weighted by Gasteiger charge is 1.98. The maximum atomic E-state index is 2.34. The van der Waals surface area contributed by atoms with Crippen molar-refractivity contribution in [3.8, 4) is 0 Å². The van der Waals surface area contributed by atoms with E-state index in [1.807, 2.05) is 0 Å². The van der Waals surface area contributed by atoms with Gasteiger partial charge in [-0.25, -0.2) is 0 Å². The number of allylic oxidation sites excluding steroid dienone is 4. The smallest absolute Gasteiger partial charge is 0.0228 e. The van der Waals surface area contributed by atoms with E-state index >= 15 is 0 Å². The van der Waals surface area contributed by atoms with Gasteiger partial charge in [0.15, 0.2) is 0 Å². The van der Waals surface area contributed by atoms with Crippen molar-refractivity contribution in [3.05, 3.63) is 53.6 Å².